The van der Waals surface area contributed by atoms with Gasteiger partial charge in [0.25, 0.3) is 0 Å². The van der Waals surface area contributed by atoms with Gasteiger partial charge in [0.1, 0.15) is 12.2 Å². The van der Waals surface area contributed by atoms with E-state index in [2.05, 4.69) is 0 Å². The topological polar surface area (TPSA) is 79.2 Å². The fourth-order valence-corrected chi connectivity index (χ4v) is 1.43. The van der Waals surface area contributed by atoms with Gasteiger partial charge < -0.3 is 24.8 Å². The molecule has 1 heterocycles. The molecular weight excluding hydrogens is 188 g/mol. The SMILES string of the molecule is CCCCC1OC(CO)C(O)OC1O. The van der Waals surface area contributed by atoms with E-state index < -0.39 is 24.8 Å². The molecule has 1 rings (SSSR count). The zero-order valence-electron chi connectivity index (χ0n) is 8.30. The number of aliphatic hydroxyl groups is 3. The molecular formula is C9H18O5. The zero-order chi connectivity index (χ0) is 10.6. The largest absolute Gasteiger partial charge is 0.393 e. The van der Waals surface area contributed by atoms with Crippen molar-refractivity contribution in [2.45, 2.75) is 51.0 Å². The van der Waals surface area contributed by atoms with E-state index in [0.29, 0.717) is 6.42 Å². The fourth-order valence-electron chi connectivity index (χ4n) is 1.43. The van der Waals surface area contributed by atoms with Crippen LogP contribution in [0.3, 0.4) is 0 Å². The van der Waals surface area contributed by atoms with Crippen molar-refractivity contribution in [3.8, 4) is 0 Å². The van der Waals surface area contributed by atoms with Gasteiger partial charge in [0.2, 0.25) is 0 Å². The first-order chi connectivity index (χ1) is 6.69. The summed E-state index contributed by atoms with van der Waals surface area (Å²) in [6.45, 7) is 1.73. The smallest absolute Gasteiger partial charge is 0.186 e. The normalized spacial score (nSPS) is 38.6. The van der Waals surface area contributed by atoms with E-state index in [9.17, 15) is 10.2 Å². The minimum Gasteiger partial charge on any atom is -0.393 e. The van der Waals surface area contributed by atoms with E-state index in [4.69, 9.17) is 14.6 Å². The van der Waals surface area contributed by atoms with Crippen LogP contribution in [0.2, 0.25) is 0 Å². The Balaban J connectivity index is 2.42. The monoisotopic (exact) mass is 206 g/mol. The van der Waals surface area contributed by atoms with Crippen LogP contribution in [-0.2, 0) is 9.47 Å². The molecule has 5 nitrogen and oxygen atoms in total. The van der Waals surface area contributed by atoms with Gasteiger partial charge in [-0.1, -0.05) is 19.8 Å². The van der Waals surface area contributed by atoms with E-state index >= 15 is 0 Å². The van der Waals surface area contributed by atoms with Crippen LogP contribution >= 0.6 is 0 Å². The summed E-state index contributed by atoms with van der Waals surface area (Å²) < 4.78 is 10.1. The van der Waals surface area contributed by atoms with Gasteiger partial charge in [-0.2, -0.15) is 0 Å². The average molecular weight is 206 g/mol. The molecule has 5 heteroatoms. The summed E-state index contributed by atoms with van der Waals surface area (Å²) >= 11 is 0. The number of aliphatic hydroxyl groups excluding tert-OH is 3. The van der Waals surface area contributed by atoms with Gasteiger partial charge in [-0.3, -0.25) is 0 Å². The second-order valence-electron chi connectivity index (χ2n) is 3.45. The molecule has 84 valence electrons. The molecule has 3 N–H and O–H groups in total. The van der Waals surface area contributed by atoms with Gasteiger partial charge in [0, 0.05) is 0 Å². The highest BCUT2D eigenvalue weighted by Gasteiger charge is 2.36. The minimum atomic E-state index is -1.24. The van der Waals surface area contributed by atoms with Crippen molar-refractivity contribution >= 4 is 0 Å². The first kappa shape index (κ1) is 11.9. The summed E-state index contributed by atoms with van der Waals surface area (Å²) in [7, 11) is 0. The third kappa shape index (κ3) is 2.90. The van der Waals surface area contributed by atoms with Crippen molar-refractivity contribution < 1.29 is 24.8 Å². The van der Waals surface area contributed by atoms with Gasteiger partial charge >= 0.3 is 0 Å². The lowest BCUT2D eigenvalue weighted by Gasteiger charge is -2.36. The van der Waals surface area contributed by atoms with Crippen molar-refractivity contribution in [1.82, 2.24) is 0 Å². The first-order valence-electron chi connectivity index (χ1n) is 4.97. The summed E-state index contributed by atoms with van der Waals surface area (Å²) in [5, 5.41) is 27.5. The highest BCUT2D eigenvalue weighted by Crippen LogP contribution is 2.21. The Kier molecular flexibility index (Phi) is 4.77. The van der Waals surface area contributed by atoms with Gasteiger partial charge in [0.15, 0.2) is 12.6 Å². The van der Waals surface area contributed by atoms with Crippen molar-refractivity contribution in [3.63, 3.8) is 0 Å². The molecule has 1 aliphatic heterocycles. The number of hydrogen-bond donors (Lipinski definition) is 3. The second kappa shape index (κ2) is 5.63. The maximum Gasteiger partial charge on any atom is 0.186 e. The third-order valence-electron chi connectivity index (χ3n) is 2.29. The molecule has 0 amide bonds. The van der Waals surface area contributed by atoms with Crippen LogP contribution in [0.4, 0.5) is 0 Å². The Morgan fingerprint density at radius 1 is 1.07 bits per heavy atom. The number of ether oxygens (including phenoxy) is 2. The Hall–Kier alpha value is -0.200. The molecule has 0 aromatic heterocycles. The predicted octanol–water partition coefficient (Wildman–Crippen LogP) is -0.410. The number of hydrogen-bond acceptors (Lipinski definition) is 5. The zero-order valence-corrected chi connectivity index (χ0v) is 8.30. The molecule has 14 heavy (non-hydrogen) atoms. The molecule has 0 bridgehead atoms. The lowest BCUT2D eigenvalue weighted by molar-refractivity contribution is -0.339. The fraction of sp³-hybridized carbons (Fsp3) is 1.00. The van der Waals surface area contributed by atoms with Gasteiger partial charge in [-0.25, -0.2) is 0 Å². The average Bonchev–Trinajstić information content (AvgIpc) is 2.17. The van der Waals surface area contributed by atoms with Crippen molar-refractivity contribution in [3.05, 3.63) is 0 Å². The molecule has 0 aliphatic carbocycles. The summed E-state index contributed by atoms with van der Waals surface area (Å²) in [4.78, 5) is 0. The molecule has 0 saturated carbocycles. The summed E-state index contributed by atoms with van der Waals surface area (Å²) in [6.07, 6.45) is -0.956. The summed E-state index contributed by atoms with van der Waals surface area (Å²) in [5.41, 5.74) is 0. The maximum absolute atomic E-state index is 9.39. The van der Waals surface area contributed by atoms with Gasteiger partial charge in [-0.15, -0.1) is 0 Å². The number of rotatable bonds is 4. The van der Waals surface area contributed by atoms with Crippen LogP contribution in [-0.4, -0.2) is 46.7 Å². The molecule has 4 unspecified atom stereocenters. The van der Waals surface area contributed by atoms with Crippen LogP contribution in [0.1, 0.15) is 26.2 Å². The molecule has 0 radical (unpaired) electrons. The van der Waals surface area contributed by atoms with Crippen LogP contribution < -0.4 is 0 Å². The Morgan fingerprint density at radius 3 is 2.29 bits per heavy atom. The van der Waals surface area contributed by atoms with E-state index in [1.807, 2.05) is 6.92 Å². The lowest BCUT2D eigenvalue weighted by Crippen LogP contribution is -2.50. The highest BCUT2D eigenvalue weighted by atomic mass is 16.7. The standard InChI is InChI=1S/C9H18O5/c1-2-3-4-6-8(11)14-9(12)7(5-10)13-6/h6-12H,2-5H2,1H3. The Bertz CT molecular complexity index is 163. The second-order valence-corrected chi connectivity index (χ2v) is 3.45. The van der Waals surface area contributed by atoms with Crippen molar-refractivity contribution in [2.75, 3.05) is 6.61 Å². The molecule has 0 spiro atoms. The molecule has 0 aromatic carbocycles. The van der Waals surface area contributed by atoms with Gasteiger partial charge in [-0.05, 0) is 6.42 Å². The Morgan fingerprint density at radius 2 is 1.71 bits per heavy atom. The van der Waals surface area contributed by atoms with Gasteiger partial charge in [0.05, 0.1) is 6.61 Å². The van der Waals surface area contributed by atoms with E-state index in [1.165, 1.54) is 0 Å². The third-order valence-corrected chi connectivity index (χ3v) is 2.29. The summed E-state index contributed by atoms with van der Waals surface area (Å²) in [6, 6.07) is 0. The van der Waals surface area contributed by atoms with Crippen LogP contribution in [0, 0.1) is 0 Å². The minimum absolute atomic E-state index is 0.309. The van der Waals surface area contributed by atoms with Crippen LogP contribution in [0.5, 0.6) is 0 Å². The lowest BCUT2D eigenvalue weighted by atomic mass is 10.1. The van der Waals surface area contributed by atoms with E-state index in [-0.39, 0.29) is 6.61 Å². The van der Waals surface area contributed by atoms with E-state index in [1.54, 1.807) is 0 Å². The van der Waals surface area contributed by atoms with Crippen molar-refractivity contribution in [2.24, 2.45) is 0 Å². The van der Waals surface area contributed by atoms with Crippen LogP contribution in [0.15, 0.2) is 0 Å². The van der Waals surface area contributed by atoms with Crippen molar-refractivity contribution in [1.29, 1.82) is 0 Å². The molecule has 1 aliphatic rings. The molecule has 4 atom stereocenters. The first-order valence-corrected chi connectivity index (χ1v) is 4.97. The Labute approximate surface area is 83.3 Å². The highest BCUT2D eigenvalue weighted by molar-refractivity contribution is 4.73. The van der Waals surface area contributed by atoms with E-state index in [0.717, 1.165) is 12.8 Å². The molecule has 0 aromatic rings. The molecule has 1 saturated heterocycles. The maximum atomic E-state index is 9.39. The van der Waals surface area contributed by atoms with Crippen LogP contribution in [0.25, 0.3) is 0 Å². The summed E-state index contributed by atoms with van der Waals surface area (Å²) in [5.74, 6) is 0. The predicted molar refractivity (Wildman–Crippen MR) is 48.4 cm³/mol. The number of unbranched alkanes of at least 4 members (excludes halogenated alkanes) is 1. The quantitative estimate of drug-likeness (QED) is 0.582. The molecule has 1 fully saturated rings.